The highest BCUT2D eigenvalue weighted by molar-refractivity contribution is 5.80. The van der Waals surface area contributed by atoms with Gasteiger partial charge in [-0.15, -0.1) is 0 Å². The zero-order chi connectivity index (χ0) is 55.4. The van der Waals surface area contributed by atoms with Crippen LogP contribution in [0.25, 0.3) is 0 Å². The number of ether oxygens (including phenoxy) is 2. The van der Waals surface area contributed by atoms with Crippen molar-refractivity contribution >= 4 is 5.91 Å². The van der Waals surface area contributed by atoms with Crippen molar-refractivity contribution in [2.24, 2.45) is 0 Å². The van der Waals surface area contributed by atoms with E-state index < -0.39 is 74.2 Å². The standard InChI is InChI=1S/C65H121NO10/c1-3-5-7-9-11-13-15-17-19-21-23-25-27-29-31-33-35-37-39-41-43-45-47-49-51-53-58(69)64(74)66-56(55-75-65-63(73)62(72)61(71)59(54-67)76-65)60(70)57(68)52-50-48-46-44-42-40-38-36-34-32-30-28-26-24-22-20-18-16-14-12-10-8-6-4-2/h28-31,36,38,44,46,56-63,65,67-73H,3-27,32-35,37,39-43,45,47-55H2,1-2H3,(H,66,74)/b30-28+,31-29-,38-36+,46-44+. The van der Waals surface area contributed by atoms with Crippen molar-refractivity contribution in [3.05, 3.63) is 48.6 Å². The molecule has 0 saturated carbocycles. The first-order valence-corrected chi connectivity index (χ1v) is 32.0. The molecule has 11 nitrogen and oxygen atoms in total. The number of aliphatic hydroxyl groups excluding tert-OH is 7. The van der Waals surface area contributed by atoms with Crippen LogP contribution in [0.2, 0.25) is 0 Å². The van der Waals surface area contributed by atoms with Crippen LogP contribution in [-0.4, -0.2) is 110 Å². The van der Waals surface area contributed by atoms with Gasteiger partial charge in [0.15, 0.2) is 6.29 Å². The van der Waals surface area contributed by atoms with E-state index in [2.05, 4.69) is 67.8 Å². The second-order valence-electron chi connectivity index (χ2n) is 22.5. The summed E-state index contributed by atoms with van der Waals surface area (Å²) in [6, 6.07) is -1.20. The van der Waals surface area contributed by atoms with Gasteiger partial charge in [-0.2, -0.15) is 0 Å². The quantitative estimate of drug-likeness (QED) is 0.0215. The van der Waals surface area contributed by atoms with Gasteiger partial charge in [-0.05, 0) is 89.9 Å². The van der Waals surface area contributed by atoms with Gasteiger partial charge in [0.1, 0.15) is 36.6 Å². The van der Waals surface area contributed by atoms with Gasteiger partial charge >= 0.3 is 0 Å². The third kappa shape index (κ3) is 41.1. The summed E-state index contributed by atoms with van der Waals surface area (Å²) >= 11 is 0. The van der Waals surface area contributed by atoms with Crippen LogP contribution in [0.4, 0.5) is 0 Å². The fraction of sp³-hybridized carbons (Fsp3) is 0.862. The topological polar surface area (TPSA) is 189 Å². The minimum absolute atomic E-state index is 0.240. The summed E-state index contributed by atoms with van der Waals surface area (Å²) in [6.07, 6.45) is 57.5. The molecule has 0 radical (unpaired) electrons. The zero-order valence-corrected chi connectivity index (χ0v) is 49.0. The van der Waals surface area contributed by atoms with E-state index in [9.17, 15) is 40.5 Å². The Morgan fingerprint density at radius 3 is 1.17 bits per heavy atom. The Hall–Kier alpha value is -1.93. The highest BCUT2D eigenvalue weighted by Gasteiger charge is 2.44. The van der Waals surface area contributed by atoms with Gasteiger partial charge in [0.2, 0.25) is 5.91 Å². The molecular formula is C65H121NO10. The maximum Gasteiger partial charge on any atom is 0.249 e. The van der Waals surface area contributed by atoms with Gasteiger partial charge in [-0.1, -0.05) is 249 Å². The van der Waals surface area contributed by atoms with Gasteiger partial charge in [0.25, 0.3) is 0 Å². The first-order chi connectivity index (χ1) is 37.2. The van der Waals surface area contributed by atoms with Crippen LogP contribution in [0.15, 0.2) is 48.6 Å². The maximum atomic E-state index is 13.2. The van der Waals surface area contributed by atoms with Crippen molar-refractivity contribution in [1.29, 1.82) is 0 Å². The predicted molar refractivity (Wildman–Crippen MR) is 316 cm³/mol. The van der Waals surface area contributed by atoms with Crippen molar-refractivity contribution < 1.29 is 50.0 Å². The van der Waals surface area contributed by atoms with Crippen molar-refractivity contribution in [2.45, 2.75) is 345 Å². The molecule has 1 heterocycles. The average Bonchev–Trinajstić information content (AvgIpc) is 3.42. The van der Waals surface area contributed by atoms with Crippen LogP contribution in [0.3, 0.4) is 0 Å². The summed E-state index contributed by atoms with van der Waals surface area (Å²) in [5.74, 6) is -0.712. The number of aliphatic hydroxyl groups is 7. The van der Waals surface area contributed by atoms with E-state index >= 15 is 0 Å². The van der Waals surface area contributed by atoms with Crippen molar-refractivity contribution in [3.8, 4) is 0 Å². The molecular weight excluding hydrogens is 955 g/mol. The van der Waals surface area contributed by atoms with E-state index in [-0.39, 0.29) is 12.8 Å². The monoisotopic (exact) mass is 1080 g/mol. The van der Waals surface area contributed by atoms with Gasteiger partial charge in [-0.3, -0.25) is 4.79 Å². The molecule has 446 valence electrons. The Kier molecular flexibility index (Phi) is 50.9. The second kappa shape index (κ2) is 53.7. The number of nitrogens with one attached hydrogen (secondary N) is 1. The molecule has 8 N–H and O–H groups in total. The van der Waals surface area contributed by atoms with Gasteiger partial charge in [-0.25, -0.2) is 0 Å². The van der Waals surface area contributed by atoms with E-state index in [4.69, 9.17) is 9.47 Å². The first-order valence-electron chi connectivity index (χ1n) is 32.0. The summed E-state index contributed by atoms with van der Waals surface area (Å²) in [5.41, 5.74) is 0. The molecule has 76 heavy (non-hydrogen) atoms. The predicted octanol–water partition coefficient (Wildman–Crippen LogP) is 14.4. The number of hydrogen-bond donors (Lipinski definition) is 8. The van der Waals surface area contributed by atoms with Crippen LogP contribution in [-0.2, 0) is 14.3 Å². The molecule has 1 saturated heterocycles. The molecule has 9 unspecified atom stereocenters. The molecule has 0 bridgehead atoms. The lowest BCUT2D eigenvalue weighted by atomic mass is 9.98. The van der Waals surface area contributed by atoms with E-state index in [0.717, 1.165) is 44.9 Å². The van der Waals surface area contributed by atoms with Crippen molar-refractivity contribution in [2.75, 3.05) is 13.2 Å². The highest BCUT2D eigenvalue weighted by Crippen LogP contribution is 2.23. The number of rotatable bonds is 55. The lowest BCUT2D eigenvalue weighted by Crippen LogP contribution is -2.60. The lowest BCUT2D eigenvalue weighted by molar-refractivity contribution is -0.303. The van der Waals surface area contributed by atoms with Crippen molar-refractivity contribution in [3.63, 3.8) is 0 Å². The Morgan fingerprint density at radius 1 is 0.447 bits per heavy atom. The maximum absolute atomic E-state index is 13.2. The second-order valence-corrected chi connectivity index (χ2v) is 22.5. The number of amides is 1. The fourth-order valence-electron chi connectivity index (χ4n) is 10.1. The van der Waals surface area contributed by atoms with E-state index in [0.29, 0.717) is 19.3 Å². The molecule has 9 atom stereocenters. The highest BCUT2D eigenvalue weighted by atomic mass is 16.7. The number of hydrogen-bond acceptors (Lipinski definition) is 10. The lowest BCUT2D eigenvalue weighted by Gasteiger charge is -2.40. The number of carbonyl (C=O) groups excluding carboxylic acids is 1. The molecule has 1 aliphatic rings. The summed E-state index contributed by atoms with van der Waals surface area (Å²) in [6.45, 7) is 3.47. The zero-order valence-electron chi connectivity index (χ0n) is 49.0. The van der Waals surface area contributed by atoms with Crippen LogP contribution in [0.5, 0.6) is 0 Å². The third-order valence-corrected chi connectivity index (χ3v) is 15.3. The van der Waals surface area contributed by atoms with Gasteiger partial charge in [0, 0.05) is 0 Å². The summed E-state index contributed by atoms with van der Waals surface area (Å²) in [7, 11) is 0. The molecule has 0 aliphatic carbocycles. The largest absolute Gasteiger partial charge is 0.394 e. The van der Waals surface area contributed by atoms with Crippen molar-refractivity contribution in [1.82, 2.24) is 5.32 Å². The fourth-order valence-corrected chi connectivity index (χ4v) is 10.1. The number of unbranched alkanes of at least 4 members (excludes halogenated alkanes) is 35. The minimum Gasteiger partial charge on any atom is -0.394 e. The minimum atomic E-state index is -1.68. The normalized spacial score (nSPS) is 19.9. The molecule has 1 aliphatic heterocycles. The Labute approximate surface area is 466 Å². The molecule has 0 aromatic carbocycles. The molecule has 0 aromatic rings. The van der Waals surface area contributed by atoms with E-state index in [1.807, 2.05) is 0 Å². The average molecular weight is 1080 g/mol. The SMILES string of the molecule is CCCCCCCCCCCCC/C=C/CC/C=C/CC/C=C/CCCC(O)C(O)C(COC1OC(CO)C(O)C(O)C1O)NC(=O)C(O)CCCCCCCCCCC/C=C\CCCCCCCCCCCCCC. The molecule has 1 amide bonds. The molecule has 1 fully saturated rings. The van der Waals surface area contributed by atoms with E-state index in [1.54, 1.807) is 0 Å². The van der Waals surface area contributed by atoms with Gasteiger partial charge < -0.3 is 50.5 Å². The molecule has 0 spiro atoms. The van der Waals surface area contributed by atoms with Gasteiger partial charge in [0.05, 0.1) is 25.4 Å². The summed E-state index contributed by atoms with van der Waals surface area (Å²) in [5, 5.41) is 76.3. The molecule has 0 aromatic heterocycles. The summed E-state index contributed by atoms with van der Waals surface area (Å²) in [4.78, 5) is 13.2. The Bertz CT molecular complexity index is 1370. The Morgan fingerprint density at radius 2 is 0.789 bits per heavy atom. The molecule has 11 heteroatoms. The van der Waals surface area contributed by atoms with Crippen LogP contribution in [0.1, 0.15) is 290 Å². The number of carbonyl (C=O) groups is 1. The van der Waals surface area contributed by atoms with Crippen LogP contribution >= 0.6 is 0 Å². The smallest absolute Gasteiger partial charge is 0.249 e. The van der Waals surface area contributed by atoms with E-state index in [1.165, 1.54) is 199 Å². The summed E-state index contributed by atoms with van der Waals surface area (Å²) < 4.78 is 11.1. The Balaban J connectivity index is 2.30. The molecule has 1 rings (SSSR count). The number of allylic oxidation sites excluding steroid dienone is 8. The van der Waals surface area contributed by atoms with Crippen LogP contribution < -0.4 is 5.32 Å². The van der Waals surface area contributed by atoms with Crippen LogP contribution in [0, 0.1) is 0 Å². The first kappa shape index (κ1) is 72.1. The third-order valence-electron chi connectivity index (χ3n) is 15.3.